The molecule has 3 heterocycles. The molecule has 2 amide bonds. The fraction of sp³-hybridized carbons (Fsp3) is 0.429. The second-order valence-electron chi connectivity index (χ2n) is 7.70. The molecular weight excluding hydrogens is 389 g/mol. The minimum absolute atomic E-state index is 0.129. The molecule has 2 aromatic rings. The zero-order valence-electron chi connectivity index (χ0n) is 16.7. The first-order chi connectivity index (χ1) is 14.5. The van der Waals surface area contributed by atoms with Gasteiger partial charge in [-0.25, -0.2) is 4.39 Å². The summed E-state index contributed by atoms with van der Waals surface area (Å²) in [6, 6.07) is 5.56. The number of benzene rings is 1. The van der Waals surface area contributed by atoms with Crippen LogP contribution >= 0.6 is 0 Å². The molecule has 1 saturated heterocycles. The van der Waals surface area contributed by atoms with Crippen LogP contribution in [0.1, 0.15) is 50.5 Å². The van der Waals surface area contributed by atoms with Gasteiger partial charge in [0.2, 0.25) is 17.8 Å². The number of nitrogens with one attached hydrogen (secondary N) is 3. The summed E-state index contributed by atoms with van der Waals surface area (Å²) in [5.41, 5.74) is 0.0896. The summed E-state index contributed by atoms with van der Waals surface area (Å²) in [6.45, 7) is 2.87. The molecule has 0 bridgehead atoms. The van der Waals surface area contributed by atoms with Gasteiger partial charge in [0.1, 0.15) is 11.6 Å². The van der Waals surface area contributed by atoms with Gasteiger partial charge in [-0.1, -0.05) is 6.92 Å². The van der Waals surface area contributed by atoms with E-state index in [-0.39, 0.29) is 29.8 Å². The quantitative estimate of drug-likeness (QED) is 0.715. The first-order valence-corrected chi connectivity index (χ1v) is 10.2. The first-order valence-electron chi connectivity index (χ1n) is 10.2. The third kappa shape index (κ3) is 3.92. The number of H-pyrrole nitrogens is 1. The van der Waals surface area contributed by atoms with Gasteiger partial charge < -0.3 is 15.5 Å². The van der Waals surface area contributed by atoms with Gasteiger partial charge in [0.05, 0.1) is 11.5 Å². The molecule has 2 atom stereocenters. The van der Waals surface area contributed by atoms with Crippen molar-refractivity contribution >= 4 is 29.3 Å². The van der Waals surface area contributed by atoms with Crippen molar-refractivity contribution in [3.8, 4) is 0 Å². The van der Waals surface area contributed by atoms with Gasteiger partial charge in [-0.15, -0.1) is 0 Å². The highest BCUT2D eigenvalue weighted by Crippen LogP contribution is 2.31. The third-order valence-electron chi connectivity index (χ3n) is 5.74. The molecule has 0 spiro atoms. The maximum absolute atomic E-state index is 13.1. The molecular formula is C21H24FN5O3. The molecule has 30 heavy (non-hydrogen) atoms. The Morgan fingerprint density at radius 1 is 1.27 bits per heavy atom. The predicted octanol–water partition coefficient (Wildman–Crippen LogP) is 2.74. The number of fused-ring (bicyclic) bond motifs is 1. The van der Waals surface area contributed by atoms with Crippen LogP contribution in [-0.4, -0.2) is 34.4 Å². The van der Waals surface area contributed by atoms with Crippen LogP contribution in [0.2, 0.25) is 0 Å². The Hall–Kier alpha value is -3.23. The van der Waals surface area contributed by atoms with Gasteiger partial charge in [-0.3, -0.25) is 19.4 Å². The molecule has 1 aromatic carbocycles. The van der Waals surface area contributed by atoms with E-state index in [4.69, 9.17) is 0 Å². The molecule has 1 aromatic heterocycles. The van der Waals surface area contributed by atoms with Crippen LogP contribution in [0, 0.1) is 5.82 Å². The van der Waals surface area contributed by atoms with E-state index in [9.17, 15) is 18.8 Å². The number of aromatic amines is 1. The molecule has 8 nitrogen and oxygen atoms in total. The molecule has 0 radical (unpaired) electrons. The number of hydrogen-bond donors (Lipinski definition) is 3. The zero-order valence-corrected chi connectivity index (χ0v) is 16.7. The van der Waals surface area contributed by atoms with E-state index in [2.05, 4.69) is 32.4 Å². The van der Waals surface area contributed by atoms with E-state index in [1.54, 1.807) is 0 Å². The smallest absolute Gasteiger partial charge is 0.258 e. The number of rotatable bonds is 4. The molecule has 0 aliphatic carbocycles. The van der Waals surface area contributed by atoms with Crippen molar-refractivity contribution in [2.75, 3.05) is 22.1 Å². The normalized spacial score (nSPS) is 21.0. The highest BCUT2D eigenvalue weighted by Gasteiger charge is 2.35. The average molecular weight is 413 g/mol. The highest BCUT2D eigenvalue weighted by molar-refractivity contribution is 6.04. The lowest BCUT2D eigenvalue weighted by atomic mass is 9.92. The first kappa shape index (κ1) is 20.1. The largest absolute Gasteiger partial charge is 0.339 e. The molecule has 4 rings (SSSR count). The van der Waals surface area contributed by atoms with Crippen molar-refractivity contribution < 1.29 is 14.0 Å². The van der Waals surface area contributed by atoms with Crippen LogP contribution in [0.25, 0.3) is 0 Å². The number of nitrogens with zero attached hydrogens (tertiary/aromatic N) is 2. The van der Waals surface area contributed by atoms with Crippen LogP contribution in [0.4, 0.5) is 21.8 Å². The minimum atomic E-state index is -0.979. The molecule has 9 heteroatoms. The fourth-order valence-corrected chi connectivity index (χ4v) is 4.19. The second kappa shape index (κ2) is 8.25. The summed E-state index contributed by atoms with van der Waals surface area (Å²) in [4.78, 5) is 47.4. The van der Waals surface area contributed by atoms with Crippen LogP contribution in [0.15, 0.2) is 29.1 Å². The van der Waals surface area contributed by atoms with Crippen molar-refractivity contribution in [2.24, 2.45) is 0 Å². The molecule has 0 saturated carbocycles. The van der Waals surface area contributed by atoms with Gasteiger partial charge in [-0.2, -0.15) is 4.98 Å². The number of aromatic nitrogens is 2. The Balaban J connectivity index is 1.65. The van der Waals surface area contributed by atoms with Gasteiger partial charge >= 0.3 is 0 Å². The van der Waals surface area contributed by atoms with E-state index >= 15 is 0 Å². The number of hydrogen-bond acceptors (Lipinski definition) is 5. The lowest BCUT2D eigenvalue weighted by Gasteiger charge is -2.36. The molecule has 2 aliphatic rings. The third-order valence-corrected chi connectivity index (χ3v) is 5.74. The second-order valence-corrected chi connectivity index (χ2v) is 7.70. The molecule has 0 unspecified atom stereocenters. The highest BCUT2D eigenvalue weighted by atomic mass is 19.1. The van der Waals surface area contributed by atoms with E-state index in [1.165, 1.54) is 24.3 Å². The standard InChI is InChI=1S/C21H24FN5O3/c1-2-14-5-3-4-10-27(14)21-25-18-17(20(30)26-21)15(11-16(28)24-18)19(29)23-13-8-6-12(22)7-9-13/h6-9,14-15H,2-5,10-11H2,1H3,(H,23,29)(H2,24,25,26,28,30)/t14-,15-/m0/s1. The summed E-state index contributed by atoms with van der Waals surface area (Å²) >= 11 is 0. The lowest BCUT2D eigenvalue weighted by Crippen LogP contribution is -2.43. The zero-order chi connectivity index (χ0) is 21.3. The molecule has 158 valence electrons. The number of amides is 2. The summed E-state index contributed by atoms with van der Waals surface area (Å²) in [5, 5.41) is 5.29. The molecule has 2 aliphatic heterocycles. The topological polar surface area (TPSA) is 107 Å². The maximum atomic E-state index is 13.1. The van der Waals surface area contributed by atoms with Crippen molar-refractivity contribution in [2.45, 2.75) is 51.0 Å². The van der Waals surface area contributed by atoms with Gasteiger partial charge in [-0.05, 0) is 49.9 Å². The Kier molecular flexibility index (Phi) is 5.52. The Morgan fingerprint density at radius 3 is 2.77 bits per heavy atom. The number of carbonyl (C=O) groups is 2. The van der Waals surface area contributed by atoms with E-state index in [0.717, 1.165) is 32.2 Å². The summed E-state index contributed by atoms with van der Waals surface area (Å²) in [5.74, 6) is -1.74. The van der Waals surface area contributed by atoms with Gasteiger partial charge in [0, 0.05) is 24.7 Å². The van der Waals surface area contributed by atoms with Crippen LogP contribution in [-0.2, 0) is 9.59 Å². The monoisotopic (exact) mass is 413 g/mol. The summed E-state index contributed by atoms with van der Waals surface area (Å²) < 4.78 is 13.1. The van der Waals surface area contributed by atoms with Gasteiger partial charge in [0.15, 0.2) is 0 Å². The van der Waals surface area contributed by atoms with Crippen molar-refractivity contribution in [1.82, 2.24) is 9.97 Å². The molecule has 3 N–H and O–H groups in total. The minimum Gasteiger partial charge on any atom is -0.339 e. The molecule has 1 fully saturated rings. The lowest BCUT2D eigenvalue weighted by molar-refractivity contribution is -0.123. The van der Waals surface area contributed by atoms with Crippen molar-refractivity contribution in [1.29, 1.82) is 0 Å². The van der Waals surface area contributed by atoms with E-state index < -0.39 is 23.2 Å². The Labute approximate surface area is 172 Å². The number of piperidine rings is 1. The summed E-state index contributed by atoms with van der Waals surface area (Å²) in [7, 11) is 0. The fourth-order valence-electron chi connectivity index (χ4n) is 4.19. The summed E-state index contributed by atoms with van der Waals surface area (Å²) in [6.07, 6.45) is 3.92. The number of halogens is 1. The predicted molar refractivity (Wildman–Crippen MR) is 111 cm³/mol. The van der Waals surface area contributed by atoms with Crippen molar-refractivity contribution in [3.63, 3.8) is 0 Å². The van der Waals surface area contributed by atoms with Crippen LogP contribution in [0.5, 0.6) is 0 Å². The van der Waals surface area contributed by atoms with E-state index in [0.29, 0.717) is 11.6 Å². The van der Waals surface area contributed by atoms with Gasteiger partial charge in [0.25, 0.3) is 5.56 Å². The Bertz CT molecular complexity index is 1020. The number of carbonyl (C=O) groups excluding carboxylic acids is 2. The maximum Gasteiger partial charge on any atom is 0.258 e. The van der Waals surface area contributed by atoms with E-state index in [1.807, 2.05) is 0 Å². The number of anilines is 3. The SMILES string of the molecule is CC[C@H]1CCCCN1c1nc2c(c(=O)[nH]1)[C@@H](C(=O)Nc1ccc(F)cc1)CC(=O)N2. The van der Waals surface area contributed by atoms with Crippen molar-refractivity contribution in [3.05, 3.63) is 46.0 Å². The average Bonchev–Trinajstić information content (AvgIpc) is 2.74. The Morgan fingerprint density at radius 2 is 2.03 bits per heavy atom. The van der Waals surface area contributed by atoms with Crippen LogP contribution in [0.3, 0.4) is 0 Å². The van der Waals surface area contributed by atoms with Crippen LogP contribution < -0.4 is 21.1 Å².